The molecule has 0 aliphatic rings. The number of benzene rings is 2. The molecule has 0 aromatic heterocycles. The number of primary amides is 1. The highest BCUT2D eigenvalue weighted by Gasteiger charge is 2.41. The van der Waals surface area contributed by atoms with Crippen LogP contribution in [0.3, 0.4) is 0 Å². The van der Waals surface area contributed by atoms with Crippen molar-refractivity contribution in [2.24, 2.45) is 22.9 Å². The lowest BCUT2D eigenvalue weighted by molar-refractivity contribution is -0.133. The number of guanidine groups is 1. The van der Waals surface area contributed by atoms with Crippen molar-refractivity contribution in [1.82, 2.24) is 21.3 Å². The molecule has 0 radical (unpaired) electrons. The highest BCUT2D eigenvalue weighted by Crippen LogP contribution is 2.44. The van der Waals surface area contributed by atoms with Gasteiger partial charge in [-0.05, 0) is 68.5 Å². The summed E-state index contributed by atoms with van der Waals surface area (Å²) in [4.78, 5) is 55.2. The van der Waals surface area contributed by atoms with Crippen molar-refractivity contribution in [1.29, 1.82) is 5.41 Å². The van der Waals surface area contributed by atoms with Gasteiger partial charge in [-0.15, -0.1) is 16.4 Å². The number of rotatable bonds is 19. The van der Waals surface area contributed by atoms with Gasteiger partial charge in [-0.3, -0.25) is 24.6 Å². The van der Waals surface area contributed by atoms with Crippen molar-refractivity contribution >= 4 is 128 Å². The zero-order valence-corrected chi connectivity index (χ0v) is 34.8. The number of hydrogen-bond acceptors (Lipinski definition) is 8. The second kappa shape index (κ2) is 19.7. The summed E-state index contributed by atoms with van der Waals surface area (Å²) in [6.45, 7) is 4.23. The Kier molecular flexibility index (Phi) is 16.8. The van der Waals surface area contributed by atoms with Crippen molar-refractivity contribution in [3.8, 4) is 5.75 Å². The molecule has 4 amide bonds. The van der Waals surface area contributed by atoms with Gasteiger partial charge in [0.2, 0.25) is 23.6 Å². The first kappa shape index (κ1) is 47.0. The molecule has 0 saturated carbocycles. The SMILES string of the molecule is Bc1c(B)c(B)c(C[C@H](NC(=O)[C@H](CC(B)(B)C(B)(B)CN)NC(=O)[C@H](Cc2c(C)cc(O)cc2C)NC(=O)[C@H](N)CCCNC(=N)N)C(N)=O)c(B)c1B. The lowest BCUT2D eigenvalue weighted by atomic mass is 9.28. The molecule has 0 heterocycles. The standard InChI is InChI=1S/C32H58B9N9O5/c1-12-6-14(51)7-13(2)15(12)8-19(49-27(53)17(43)4-3-5-47-30(45)46)28(54)50-20(10-31(38,39)32(40,41)11-42)29(55)48-18(26(44)52)9-16-21(33)23(35)25(37)24(36)22(16)34/h6-7,17-20,51H,3-5,8-11,33-43H2,1-2H3,(H2,44,52)(H,48,55)(H,49,53)(H,50,54)(H4,45,46,47)/t17-,18+,19+,20+/m1/s1. The van der Waals surface area contributed by atoms with Gasteiger partial charge < -0.3 is 49.3 Å². The Balaban J connectivity index is 2.56. The number of phenols is 1. The van der Waals surface area contributed by atoms with Gasteiger partial charge in [-0.1, -0.05) is 26.9 Å². The van der Waals surface area contributed by atoms with Gasteiger partial charge in [-0.2, -0.15) is 0 Å². The maximum Gasteiger partial charge on any atom is 0.243 e. The van der Waals surface area contributed by atoms with E-state index in [1.54, 1.807) is 26.0 Å². The van der Waals surface area contributed by atoms with E-state index in [9.17, 15) is 24.3 Å². The second-order valence-corrected chi connectivity index (χ2v) is 16.4. The van der Waals surface area contributed by atoms with Gasteiger partial charge >= 0.3 is 0 Å². The van der Waals surface area contributed by atoms with Gasteiger partial charge in [0.1, 0.15) is 63.1 Å². The predicted octanol–water partition coefficient (Wildman–Crippen LogP) is -13.3. The van der Waals surface area contributed by atoms with E-state index in [1.165, 1.54) is 0 Å². The molecule has 0 fully saturated rings. The first-order chi connectivity index (χ1) is 25.3. The topological polar surface area (TPSA) is 265 Å². The van der Waals surface area contributed by atoms with Crippen molar-refractivity contribution in [2.75, 3.05) is 13.1 Å². The number of phenolic OH excluding ortho intramolecular Hbond substituents is 1. The molecule has 14 N–H and O–H groups in total. The van der Waals surface area contributed by atoms with Crippen LogP contribution in [-0.4, -0.2) is 143 Å². The monoisotopic (exact) mass is 748 g/mol. The summed E-state index contributed by atoms with van der Waals surface area (Å²) in [5, 5.41) is 27.7. The number of aryl methyl sites for hydroxylation is 2. The number of carbonyl (C=O) groups excluding carboxylic acids is 4. The maximum atomic E-state index is 14.4. The minimum atomic E-state index is -1.17. The number of aromatic hydroxyl groups is 1. The second-order valence-electron chi connectivity index (χ2n) is 16.4. The van der Waals surface area contributed by atoms with Crippen LogP contribution >= 0.6 is 0 Å². The lowest BCUT2D eigenvalue weighted by Gasteiger charge is -2.44. The van der Waals surface area contributed by atoms with E-state index >= 15 is 0 Å². The number of carbonyl (C=O) groups is 4. The first-order valence-electron chi connectivity index (χ1n) is 18.9. The fourth-order valence-electron chi connectivity index (χ4n) is 6.79. The Morgan fingerprint density at radius 1 is 0.745 bits per heavy atom. The third-order valence-corrected chi connectivity index (χ3v) is 12.0. The molecule has 2 aromatic rings. The number of amides is 4. The molecule has 0 saturated heterocycles. The van der Waals surface area contributed by atoms with Crippen molar-refractivity contribution < 1.29 is 24.3 Å². The predicted molar refractivity (Wildman–Crippen MR) is 248 cm³/mol. The summed E-state index contributed by atoms with van der Waals surface area (Å²) in [5.41, 5.74) is 32.2. The van der Waals surface area contributed by atoms with Crippen LogP contribution in [0.2, 0.25) is 10.4 Å². The number of nitrogens with one attached hydrogen (secondary N) is 5. The minimum absolute atomic E-state index is 0.0365. The Morgan fingerprint density at radius 2 is 1.20 bits per heavy atom. The zero-order valence-electron chi connectivity index (χ0n) is 34.8. The molecule has 55 heavy (non-hydrogen) atoms. The molecule has 0 unspecified atom stereocenters. The first-order valence-corrected chi connectivity index (χ1v) is 18.9. The average Bonchev–Trinajstić information content (AvgIpc) is 3.09. The van der Waals surface area contributed by atoms with Crippen molar-refractivity contribution in [3.05, 3.63) is 34.4 Å². The van der Waals surface area contributed by atoms with E-state index in [1.807, 2.05) is 62.8 Å². The van der Waals surface area contributed by atoms with Crippen LogP contribution in [0.1, 0.15) is 41.5 Å². The van der Waals surface area contributed by atoms with Crippen LogP contribution in [0.25, 0.3) is 0 Å². The van der Waals surface area contributed by atoms with E-state index < -0.39 is 58.2 Å². The molecule has 0 spiro atoms. The summed E-state index contributed by atoms with van der Waals surface area (Å²) in [6, 6.07) is -1.24. The highest BCUT2D eigenvalue weighted by molar-refractivity contribution is 6.67. The molecule has 2 aromatic carbocycles. The molecule has 288 valence electrons. The Hall–Kier alpha value is -4.11. The van der Waals surface area contributed by atoms with Gasteiger partial charge in [0.05, 0.1) is 37.4 Å². The van der Waals surface area contributed by atoms with Crippen LogP contribution in [0.5, 0.6) is 5.75 Å². The quantitative estimate of drug-likeness (QED) is 0.0283. The fraction of sp³-hybridized carbons (Fsp3) is 0.469. The van der Waals surface area contributed by atoms with E-state index in [0.29, 0.717) is 30.6 Å². The molecule has 0 bridgehead atoms. The maximum absolute atomic E-state index is 14.4. The largest absolute Gasteiger partial charge is 0.508 e. The van der Waals surface area contributed by atoms with Crippen LogP contribution in [-0.2, 0) is 32.0 Å². The smallest absolute Gasteiger partial charge is 0.243 e. The zero-order chi connectivity index (χ0) is 42.2. The van der Waals surface area contributed by atoms with E-state index in [4.69, 9.17) is 28.3 Å². The molecule has 2 rings (SSSR count). The van der Waals surface area contributed by atoms with Crippen LogP contribution in [0.15, 0.2) is 12.1 Å². The van der Waals surface area contributed by atoms with Gasteiger partial charge in [0.25, 0.3) is 0 Å². The summed E-state index contributed by atoms with van der Waals surface area (Å²) < 4.78 is 0. The minimum Gasteiger partial charge on any atom is -0.508 e. The third-order valence-electron chi connectivity index (χ3n) is 12.0. The third kappa shape index (κ3) is 12.4. The Morgan fingerprint density at radius 3 is 1.69 bits per heavy atom. The molecule has 14 nitrogen and oxygen atoms in total. The normalized spacial score (nSPS) is 13.8. The molecule has 0 aliphatic heterocycles. The van der Waals surface area contributed by atoms with Gasteiger partial charge in [-0.25, -0.2) is 0 Å². The number of hydrogen-bond donors (Lipinski definition) is 10. The van der Waals surface area contributed by atoms with E-state index in [-0.39, 0.29) is 37.4 Å². The fourth-order valence-corrected chi connectivity index (χ4v) is 6.79. The Labute approximate surface area is 334 Å². The highest BCUT2D eigenvalue weighted by atomic mass is 16.3. The number of nitrogens with two attached hydrogens (primary N) is 4. The van der Waals surface area contributed by atoms with Crippen LogP contribution < -0.4 is 71.5 Å². The molecular weight excluding hydrogens is 688 g/mol. The summed E-state index contributed by atoms with van der Waals surface area (Å²) in [7, 11) is 18.0. The van der Waals surface area contributed by atoms with Crippen LogP contribution in [0.4, 0.5) is 0 Å². The van der Waals surface area contributed by atoms with Crippen molar-refractivity contribution in [3.63, 3.8) is 0 Å². The van der Waals surface area contributed by atoms with E-state index in [2.05, 4.69) is 29.1 Å². The summed E-state index contributed by atoms with van der Waals surface area (Å²) >= 11 is 0. The average molecular weight is 746 g/mol. The molecular formula is C32H58B9N9O5. The van der Waals surface area contributed by atoms with Crippen molar-refractivity contribution in [2.45, 2.75) is 80.5 Å². The van der Waals surface area contributed by atoms with E-state index in [0.717, 1.165) is 38.4 Å². The molecule has 4 atom stereocenters. The lowest BCUT2D eigenvalue weighted by Crippen LogP contribution is -2.60. The van der Waals surface area contributed by atoms with Gasteiger partial charge in [0.15, 0.2) is 5.96 Å². The molecule has 0 aliphatic carbocycles. The Bertz CT molecular complexity index is 1730. The molecule has 23 heteroatoms. The summed E-state index contributed by atoms with van der Waals surface area (Å²) in [6.07, 6.45) is 1.03. The summed E-state index contributed by atoms with van der Waals surface area (Å²) in [5.74, 6) is -2.67. The van der Waals surface area contributed by atoms with Gasteiger partial charge in [0, 0.05) is 19.4 Å². The van der Waals surface area contributed by atoms with Crippen LogP contribution in [0, 0.1) is 19.3 Å².